The fourth-order valence-electron chi connectivity index (χ4n) is 2.49. The van der Waals surface area contributed by atoms with Crippen LogP contribution in [0.4, 0.5) is 5.69 Å². The molecule has 0 bridgehead atoms. The Labute approximate surface area is 128 Å². The molecule has 21 heavy (non-hydrogen) atoms. The Morgan fingerprint density at radius 3 is 2.86 bits per heavy atom. The smallest absolute Gasteiger partial charge is 0.231 e. The van der Waals surface area contributed by atoms with Crippen LogP contribution in [0.5, 0.6) is 5.75 Å². The number of hydrogen-bond donors (Lipinski definition) is 0. The van der Waals surface area contributed by atoms with E-state index in [1.165, 1.54) is 0 Å². The first-order chi connectivity index (χ1) is 10.1. The second-order valence-corrected chi connectivity index (χ2v) is 5.33. The third-order valence-electron chi connectivity index (χ3n) is 3.59. The summed E-state index contributed by atoms with van der Waals surface area (Å²) in [5, 5.41) is 0.613. The lowest BCUT2D eigenvalue weighted by atomic mass is 10.0. The number of hydrogen-bond acceptors (Lipinski definition) is 3. The minimum absolute atomic E-state index is 0.0604. The van der Waals surface area contributed by atoms with E-state index in [1.54, 1.807) is 24.3 Å². The number of benzene rings is 1. The molecule has 1 aliphatic heterocycles. The molecule has 0 spiro atoms. The largest absolute Gasteiger partial charge is 0.492 e. The fourth-order valence-corrected chi connectivity index (χ4v) is 2.77. The van der Waals surface area contributed by atoms with E-state index in [0.29, 0.717) is 18.1 Å². The predicted octanol–water partition coefficient (Wildman–Crippen LogP) is 3.32. The second kappa shape index (κ2) is 5.37. The maximum atomic E-state index is 11.8. The molecule has 3 rings (SSSR count). The van der Waals surface area contributed by atoms with E-state index in [9.17, 15) is 4.79 Å². The molecule has 0 N–H and O–H groups in total. The van der Waals surface area contributed by atoms with E-state index >= 15 is 0 Å². The van der Waals surface area contributed by atoms with Crippen LogP contribution in [0.3, 0.4) is 0 Å². The molecule has 108 valence electrons. The number of pyridine rings is 1. The normalized spacial score (nSPS) is 13.5. The standard InChI is InChI=1S/C16H15ClN2O2/c1-3-21-12-4-11(8-18-9-12)10-5-14(17)13-7-16(20)19(2)15(13)6-10/h4-6,8-9H,3,7H2,1-2H3. The molecule has 0 saturated carbocycles. The highest BCUT2D eigenvalue weighted by molar-refractivity contribution is 6.33. The van der Waals surface area contributed by atoms with Gasteiger partial charge in [-0.15, -0.1) is 0 Å². The molecule has 1 amide bonds. The number of ether oxygens (including phenoxy) is 1. The number of likely N-dealkylation sites (N-methyl/N-ethyl adjacent to an activating group) is 1. The molecule has 0 saturated heterocycles. The van der Waals surface area contributed by atoms with Gasteiger partial charge in [-0.2, -0.15) is 0 Å². The maximum absolute atomic E-state index is 11.8. The summed E-state index contributed by atoms with van der Waals surface area (Å²) in [5.41, 5.74) is 3.60. The summed E-state index contributed by atoms with van der Waals surface area (Å²) in [6.07, 6.45) is 3.80. The molecule has 0 aliphatic carbocycles. The van der Waals surface area contributed by atoms with Crippen LogP contribution in [0.25, 0.3) is 11.1 Å². The van der Waals surface area contributed by atoms with Crippen LogP contribution in [0.2, 0.25) is 5.02 Å². The summed E-state index contributed by atoms with van der Waals surface area (Å²) in [5.74, 6) is 0.779. The summed E-state index contributed by atoms with van der Waals surface area (Å²) < 4.78 is 5.47. The minimum Gasteiger partial charge on any atom is -0.492 e. The van der Waals surface area contributed by atoms with Gasteiger partial charge in [-0.25, -0.2) is 0 Å². The van der Waals surface area contributed by atoms with Crippen LogP contribution in [-0.2, 0) is 11.2 Å². The first-order valence-electron chi connectivity index (χ1n) is 6.77. The van der Waals surface area contributed by atoms with Crippen molar-refractivity contribution >= 4 is 23.2 Å². The fraction of sp³-hybridized carbons (Fsp3) is 0.250. The average molecular weight is 303 g/mol. The van der Waals surface area contributed by atoms with Gasteiger partial charge >= 0.3 is 0 Å². The van der Waals surface area contributed by atoms with E-state index in [4.69, 9.17) is 16.3 Å². The zero-order chi connectivity index (χ0) is 15.0. The highest BCUT2D eigenvalue weighted by Gasteiger charge is 2.26. The Morgan fingerprint density at radius 1 is 1.29 bits per heavy atom. The van der Waals surface area contributed by atoms with Gasteiger partial charge in [0.1, 0.15) is 5.75 Å². The Kier molecular flexibility index (Phi) is 3.55. The molecule has 2 heterocycles. The van der Waals surface area contributed by atoms with Crippen molar-refractivity contribution in [2.24, 2.45) is 0 Å². The van der Waals surface area contributed by atoms with E-state index in [2.05, 4.69) is 4.98 Å². The van der Waals surface area contributed by atoms with Gasteiger partial charge in [-0.05, 0) is 30.7 Å². The molecule has 0 radical (unpaired) electrons. The van der Waals surface area contributed by atoms with Gasteiger partial charge in [0.25, 0.3) is 0 Å². The molecule has 1 aromatic heterocycles. The minimum atomic E-state index is 0.0604. The molecule has 0 unspecified atom stereocenters. The summed E-state index contributed by atoms with van der Waals surface area (Å²) in [6, 6.07) is 5.77. The maximum Gasteiger partial charge on any atom is 0.231 e. The van der Waals surface area contributed by atoms with Crippen molar-refractivity contribution < 1.29 is 9.53 Å². The molecule has 1 aromatic carbocycles. The summed E-state index contributed by atoms with van der Waals surface area (Å²) in [7, 11) is 1.77. The quantitative estimate of drug-likeness (QED) is 0.873. The zero-order valence-electron chi connectivity index (χ0n) is 11.9. The molecule has 2 aromatic rings. The van der Waals surface area contributed by atoms with E-state index < -0.39 is 0 Å². The highest BCUT2D eigenvalue weighted by atomic mass is 35.5. The molecular weight excluding hydrogens is 288 g/mol. The van der Waals surface area contributed by atoms with Gasteiger partial charge in [-0.3, -0.25) is 9.78 Å². The van der Waals surface area contributed by atoms with Gasteiger partial charge in [0.2, 0.25) is 5.91 Å². The third kappa shape index (κ3) is 2.47. The van der Waals surface area contributed by atoms with Gasteiger partial charge in [0.15, 0.2) is 0 Å². The monoisotopic (exact) mass is 302 g/mol. The second-order valence-electron chi connectivity index (χ2n) is 4.93. The van der Waals surface area contributed by atoms with Crippen LogP contribution in [0.1, 0.15) is 12.5 Å². The number of fused-ring (bicyclic) bond motifs is 1. The summed E-state index contributed by atoms with van der Waals surface area (Å²) in [6.45, 7) is 2.52. The molecular formula is C16H15ClN2O2. The van der Waals surface area contributed by atoms with E-state index in [0.717, 1.165) is 28.1 Å². The van der Waals surface area contributed by atoms with Gasteiger partial charge in [-0.1, -0.05) is 11.6 Å². The van der Waals surface area contributed by atoms with Crippen LogP contribution < -0.4 is 9.64 Å². The lowest BCUT2D eigenvalue weighted by molar-refractivity contribution is -0.117. The van der Waals surface area contributed by atoms with Crippen LogP contribution in [0.15, 0.2) is 30.6 Å². The molecule has 0 atom stereocenters. The lowest BCUT2D eigenvalue weighted by Gasteiger charge is -2.13. The van der Waals surface area contributed by atoms with Gasteiger partial charge < -0.3 is 9.64 Å². The highest BCUT2D eigenvalue weighted by Crippen LogP contribution is 2.38. The number of carbonyl (C=O) groups is 1. The SMILES string of the molecule is CCOc1cncc(-c2cc(Cl)c3c(c2)N(C)C(=O)C3)c1. The van der Waals surface area contributed by atoms with Gasteiger partial charge in [0, 0.05) is 35.1 Å². The topological polar surface area (TPSA) is 42.4 Å². The first-order valence-corrected chi connectivity index (χ1v) is 7.15. The Hall–Kier alpha value is -2.07. The number of aromatic nitrogens is 1. The Morgan fingerprint density at radius 2 is 2.10 bits per heavy atom. The predicted molar refractivity (Wildman–Crippen MR) is 83.0 cm³/mol. The van der Waals surface area contributed by atoms with Crippen molar-refractivity contribution in [2.75, 3.05) is 18.6 Å². The van der Waals surface area contributed by atoms with E-state index in [-0.39, 0.29) is 5.91 Å². The summed E-state index contributed by atoms with van der Waals surface area (Å²) in [4.78, 5) is 17.6. The van der Waals surface area contributed by atoms with Crippen LogP contribution >= 0.6 is 11.6 Å². The van der Waals surface area contributed by atoms with Crippen LogP contribution in [-0.4, -0.2) is 24.5 Å². The van der Waals surface area contributed by atoms with Crippen molar-refractivity contribution in [3.8, 4) is 16.9 Å². The van der Waals surface area contributed by atoms with Crippen molar-refractivity contribution in [2.45, 2.75) is 13.3 Å². The number of anilines is 1. The van der Waals surface area contributed by atoms with Crippen molar-refractivity contribution in [3.63, 3.8) is 0 Å². The number of halogens is 1. The van der Waals surface area contributed by atoms with Crippen molar-refractivity contribution in [1.82, 2.24) is 4.98 Å². The Balaban J connectivity index is 2.07. The number of nitrogens with zero attached hydrogens (tertiary/aromatic N) is 2. The average Bonchev–Trinajstić information content (AvgIpc) is 2.76. The number of amides is 1. The lowest BCUT2D eigenvalue weighted by Crippen LogP contribution is -2.20. The molecule has 1 aliphatic rings. The van der Waals surface area contributed by atoms with E-state index in [1.807, 2.05) is 25.1 Å². The zero-order valence-corrected chi connectivity index (χ0v) is 12.6. The van der Waals surface area contributed by atoms with Gasteiger partial charge in [0.05, 0.1) is 19.2 Å². The molecule has 5 heteroatoms. The molecule has 4 nitrogen and oxygen atoms in total. The Bertz CT molecular complexity index is 715. The summed E-state index contributed by atoms with van der Waals surface area (Å²) >= 11 is 6.33. The van der Waals surface area contributed by atoms with Crippen molar-refractivity contribution in [3.05, 3.63) is 41.2 Å². The van der Waals surface area contributed by atoms with Crippen LogP contribution in [0, 0.1) is 0 Å². The number of rotatable bonds is 3. The molecule has 0 fully saturated rings. The number of carbonyl (C=O) groups excluding carboxylic acids is 1. The first kappa shape index (κ1) is 13.9. The van der Waals surface area contributed by atoms with Crippen molar-refractivity contribution in [1.29, 1.82) is 0 Å². The third-order valence-corrected chi connectivity index (χ3v) is 3.93.